The van der Waals surface area contributed by atoms with E-state index in [-0.39, 0.29) is 18.2 Å². The zero-order valence-corrected chi connectivity index (χ0v) is 15.2. The van der Waals surface area contributed by atoms with Gasteiger partial charge in [0.1, 0.15) is 5.82 Å². The van der Waals surface area contributed by atoms with E-state index in [1.165, 1.54) is 35.1 Å². The van der Waals surface area contributed by atoms with E-state index in [1.54, 1.807) is 12.1 Å². The van der Waals surface area contributed by atoms with Crippen LogP contribution in [-0.2, 0) is 12.7 Å². The summed E-state index contributed by atoms with van der Waals surface area (Å²) >= 11 is 0. The number of amides is 1. The topological polar surface area (TPSA) is 46.9 Å². The minimum Gasteiger partial charge on any atom is -0.348 e. The predicted molar refractivity (Wildman–Crippen MR) is 98.1 cm³/mol. The minimum atomic E-state index is -4.46. The lowest BCUT2D eigenvalue weighted by atomic mass is 10.1. The van der Waals surface area contributed by atoms with Gasteiger partial charge in [-0.1, -0.05) is 18.2 Å². The maximum atomic E-state index is 13.3. The third-order valence-corrected chi connectivity index (χ3v) is 4.78. The van der Waals surface area contributed by atoms with Crippen LogP contribution in [0.3, 0.4) is 0 Å². The van der Waals surface area contributed by atoms with Crippen molar-refractivity contribution in [2.45, 2.75) is 31.5 Å². The lowest BCUT2D eigenvalue weighted by Crippen LogP contribution is -2.23. The Balaban J connectivity index is 1.61. The van der Waals surface area contributed by atoms with Crippen LogP contribution < -0.4 is 5.32 Å². The van der Waals surface area contributed by atoms with E-state index in [0.717, 1.165) is 25.0 Å². The van der Waals surface area contributed by atoms with Gasteiger partial charge in [0.2, 0.25) is 0 Å². The molecule has 1 amide bonds. The van der Waals surface area contributed by atoms with Crippen LogP contribution in [0.1, 0.15) is 45.9 Å². The normalized spacial score (nSPS) is 14.1. The zero-order valence-electron chi connectivity index (χ0n) is 15.2. The summed E-state index contributed by atoms with van der Waals surface area (Å²) in [5.41, 5.74) is 1.01. The molecule has 4 rings (SSSR count). The first-order chi connectivity index (χ1) is 13.8. The highest BCUT2D eigenvalue weighted by molar-refractivity contribution is 5.95. The third-order valence-electron chi connectivity index (χ3n) is 4.78. The van der Waals surface area contributed by atoms with Crippen molar-refractivity contribution in [1.82, 2.24) is 15.1 Å². The fourth-order valence-electron chi connectivity index (χ4n) is 3.23. The van der Waals surface area contributed by atoms with E-state index in [0.29, 0.717) is 16.8 Å². The van der Waals surface area contributed by atoms with Crippen molar-refractivity contribution in [2.75, 3.05) is 0 Å². The lowest BCUT2D eigenvalue weighted by Gasteiger charge is -2.12. The van der Waals surface area contributed by atoms with Crippen LogP contribution in [-0.4, -0.2) is 15.7 Å². The summed E-state index contributed by atoms with van der Waals surface area (Å²) in [6.45, 7) is 0.134. The fourth-order valence-corrected chi connectivity index (χ4v) is 3.23. The number of alkyl halides is 3. The van der Waals surface area contributed by atoms with Crippen LogP contribution in [0.2, 0.25) is 0 Å². The van der Waals surface area contributed by atoms with Gasteiger partial charge < -0.3 is 5.32 Å². The molecular weight excluding hydrogens is 386 g/mol. The quantitative estimate of drug-likeness (QED) is 0.620. The number of halogens is 4. The number of rotatable bonds is 5. The standard InChI is InChI=1S/C21H17F4N3O/c22-16-5-1-3-13(9-16)11-26-20(29)18-12-27-28(19(18)14-7-8-14)17-6-2-4-15(10-17)21(23,24)25/h1-6,9-10,12,14H,7-8,11H2,(H,26,29). The number of carbonyl (C=O) groups excluding carboxylic acids is 1. The molecule has 0 atom stereocenters. The highest BCUT2D eigenvalue weighted by Crippen LogP contribution is 2.42. The maximum Gasteiger partial charge on any atom is 0.416 e. The van der Waals surface area contributed by atoms with Crippen molar-refractivity contribution in [3.8, 4) is 5.69 Å². The Morgan fingerprint density at radius 2 is 1.90 bits per heavy atom. The number of nitrogens with one attached hydrogen (secondary N) is 1. The number of hydrogen-bond acceptors (Lipinski definition) is 2. The van der Waals surface area contributed by atoms with Gasteiger partial charge in [-0.3, -0.25) is 4.79 Å². The first kappa shape index (κ1) is 19.2. The van der Waals surface area contributed by atoms with Crippen molar-refractivity contribution in [1.29, 1.82) is 0 Å². The Labute approximate surface area is 164 Å². The molecule has 29 heavy (non-hydrogen) atoms. The molecule has 1 aliphatic rings. The molecule has 1 heterocycles. The van der Waals surface area contributed by atoms with Gasteiger partial charge >= 0.3 is 6.18 Å². The molecule has 3 aromatic rings. The molecule has 1 fully saturated rings. The second-order valence-electron chi connectivity index (χ2n) is 6.99. The Hall–Kier alpha value is -3.16. The molecule has 0 unspecified atom stereocenters. The van der Waals surface area contributed by atoms with Gasteiger partial charge in [0.15, 0.2) is 0 Å². The molecule has 1 aromatic heterocycles. The molecule has 0 bridgehead atoms. The maximum absolute atomic E-state index is 13.3. The van der Waals surface area contributed by atoms with Crippen LogP contribution in [0, 0.1) is 5.82 Å². The second-order valence-corrected chi connectivity index (χ2v) is 6.99. The van der Waals surface area contributed by atoms with Crippen LogP contribution in [0.25, 0.3) is 5.69 Å². The predicted octanol–water partition coefficient (Wildman–Crippen LogP) is 4.84. The summed E-state index contributed by atoms with van der Waals surface area (Å²) in [6, 6.07) is 10.8. The monoisotopic (exact) mass is 403 g/mol. The van der Waals surface area contributed by atoms with E-state index >= 15 is 0 Å². The van der Waals surface area contributed by atoms with E-state index in [9.17, 15) is 22.4 Å². The van der Waals surface area contributed by atoms with E-state index in [1.807, 2.05) is 0 Å². The number of aromatic nitrogens is 2. The molecule has 2 aromatic carbocycles. The Morgan fingerprint density at radius 3 is 2.59 bits per heavy atom. The molecule has 0 saturated heterocycles. The first-order valence-corrected chi connectivity index (χ1v) is 9.11. The molecule has 1 saturated carbocycles. The van der Waals surface area contributed by atoms with Crippen LogP contribution in [0.5, 0.6) is 0 Å². The van der Waals surface area contributed by atoms with Crippen LogP contribution in [0.15, 0.2) is 54.7 Å². The third kappa shape index (κ3) is 4.16. The molecular formula is C21H17F4N3O. The molecule has 8 heteroatoms. The summed E-state index contributed by atoms with van der Waals surface area (Å²) in [4.78, 5) is 12.7. The first-order valence-electron chi connectivity index (χ1n) is 9.11. The van der Waals surface area contributed by atoms with Gasteiger partial charge in [0.05, 0.1) is 28.7 Å². The van der Waals surface area contributed by atoms with Crippen molar-refractivity contribution in [3.63, 3.8) is 0 Å². The van der Waals surface area contributed by atoms with Crippen LogP contribution in [0.4, 0.5) is 17.6 Å². The average Bonchev–Trinajstić information content (AvgIpc) is 3.43. The Kier molecular flexibility index (Phi) is 4.86. The Morgan fingerprint density at radius 1 is 1.14 bits per heavy atom. The number of benzene rings is 2. The summed E-state index contributed by atoms with van der Waals surface area (Å²) in [7, 11) is 0. The summed E-state index contributed by atoms with van der Waals surface area (Å²) < 4.78 is 53.9. The second kappa shape index (κ2) is 7.35. The molecule has 0 radical (unpaired) electrons. The molecule has 1 N–H and O–H groups in total. The van der Waals surface area contributed by atoms with Gasteiger partial charge in [-0.2, -0.15) is 18.3 Å². The fraction of sp³-hybridized carbons (Fsp3) is 0.238. The Bertz CT molecular complexity index is 1050. The lowest BCUT2D eigenvalue weighted by molar-refractivity contribution is -0.137. The van der Waals surface area contributed by atoms with Gasteiger partial charge in [0, 0.05) is 12.5 Å². The van der Waals surface area contributed by atoms with Crippen molar-refractivity contribution in [3.05, 3.63) is 82.9 Å². The average molecular weight is 403 g/mol. The van der Waals surface area contributed by atoms with E-state index in [2.05, 4.69) is 10.4 Å². The summed E-state index contributed by atoms with van der Waals surface area (Å²) in [6.07, 6.45) is -1.41. The summed E-state index contributed by atoms with van der Waals surface area (Å²) in [5.74, 6) is -0.718. The van der Waals surface area contributed by atoms with Gasteiger partial charge in [-0.05, 0) is 48.7 Å². The summed E-state index contributed by atoms with van der Waals surface area (Å²) in [5, 5.41) is 6.92. The highest BCUT2D eigenvalue weighted by atomic mass is 19.4. The number of nitrogens with zero attached hydrogens (tertiary/aromatic N) is 2. The van der Waals surface area contributed by atoms with Crippen LogP contribution >= 0.6 is 0 Å². The van der Waals surface area contributed by atoms with Crippen molar-refractivity contribution < 1.29 is 22.4 Å². The zero-order chi connectivity index (χ0) is 20.6. The van der Waals surface area contributed by atoms with Crippen molar-refractivity contribution >= 4 is 5.91 Å². The molecule has 0 aliphatic heterocycles. The molecule has 1 aliphatic carbocycles. The smallest absolute Gasteiger partial charge is 0.348 e. The largest absolute Gasteiger partial charge is 0.416 e. The van der Waals surface area contributed by atoms with Crippen molar-refractivity contribution in [2.24, 2.45) is 0 Å². The van der Waals surface area contributed by atoms with Gasteiger partial charge in [0.25, 0.3) is 5.91 Å². The molecule has 150 valence electrons. The highest BCUT2D eigenvalue weighted by Gasteiger charge is 2.34. The number of carbonyl (C=O) groups is 1. The minimum absolute atomic E-state index is 0.0713. The van der Waals surface area contributed by atoms with E-state index in [4.69, 9.17) is 0 Å². The molecule has 0 spiro atoms. The van der Waals surface area contributed by atoms with Gasteiger partial charge in [-0.15, -0.1) is 0 Å². The molecule has 4 nitrogen and oxygen atoms in total. The SMILES string of the molecule is O=C(NCc1cccc(F)c1)c1cnn(-c2cccc(C(F)(F)F)c2)c1C1CC1. The van der Waals surface area contributed by atoms with E-state index < -0.39 is 23.5 Å². The number of hydrogen-bond donors (Lipinski definition) is 1. The van der Waals surface area contributed by atoms with Gasteiger partial charge in [-0.25, -0.2) is 9.07 Å².